The van der Waals surface area contributed by atoms with Crippen LogP contribution >= 0.6 is 11.6 Å². The maximum Gasteiger partial charge on any atom is 0.359 e. The molecule has 0 aliphatic rings. The van der Waals surface area contributed by atoms with Gasteiger partial charge < -0.3 is 10.1 Å². The van der Waals surface area contributed by atoms with Gasteiger partial charge in [0.15, 0.2) is 5.69 Å². The van der Waals surface area contributed by atoms with E-state index in [1.165, 1.54) is 17.7 Å². The summed E-state index contributed by atoms with van der Waals surface area (Å²) in [5.74, 6) is -1.08. The summed E-state index contributed by atoms with van der Waals surface area (Å²) in [6, 6.07) is 5.15. The van der Waals surface area contributed by atoms with Gasteiger partial charge in [0.2, 0.25) is 0 Å². The molecule has 148 valence electrons. The summed E-state index contributed by atoms with van der Waals surface area (Å²) in [6.07, 6.45) is -2.31. The Kier molecular flexibility index (Phi) is 7.67. The number of nitrogens with one attached hydrogen (secondary N) is 1. The van der Waals surface area contributed by atoms with Crippen LogP contribution < -0.4 is 5.32 Å². The number of aromatic nitrogens is 2. The second-order valence-electron chi connectivity index (χ2n) is 5.91. The first-order chi connectivity index (χ1) is 12.8. The normalized spacial score (nSPS) is 12.4. The molecule has 2 aromatic rings. The van der Waals surface area contributed by atoms with Gasteiger partial charge in [0.1, 0.15) is 11.0 Å². The topological polar surface area (TPSA) is 56.1 Å². The first-order valence-corrected chi connectivity index (χ1v) is 8.90. The SMILES string of the molecule is CCOC(=O)c1nn(Cc2ccccc2F)c(Cl)c1CCNC(C)C(F)F. The highest BCUT2D eigenvalue weighted by Crippen LogP contribution is 2.23. The number of esters is 1. The maximum absolute atomic E-state index is 13.9. The van der Waals surface area contributed by atoms with E-state index in [1.807, 2.05) is 0 Å². The Labute approximate surface area is 160 Å². The fourth-order valence-electron chi connectivity index (χ4n) is 2.47. The highest BCUT2D eigenvalue weighted by Gasteiger charge is 2.24. The van der Waals surface area contributed by atoms with E-state index >= 15 is 0 Å². The van der Waals surface area contributed by atoms with E-state index in [0.29, 0.717) is 11.1 Å². The van der Waals surface area contributed by atoms with Crippen LogP contribution in [0.15, 0.2) is 24.3 Å². The molecule has 0 aliphatic heterocycles. The van der Waals surface area contributed by atoms with Crippen molar-refractivity contribution in [2.45, 2.75) is 39.3 Å². The number of benzene rings is 1. The Hall–Kier alpha value is -2.06. The summed E-state index contributed by atoms with van der Waals surface area (Å²) in [6.45, 7) is 3.36. The van der Waals surface area contributed by atoms with E-state index in [0.717, 1.165) is 0 Å². The average Bonchev–Trinajstić information content (AvgIpc) is 2.93. The Morgan fingerprint density at radius 1 is 1.37 bits per heavy atom. The number of rotatable bonds is 9. The number of nitrogens with zero attached hydrogens (tertiary/aromatic N) is 2. The number of hydrogen-bond acceptors (Lipinski definition) is 4. The lowest BCUT2D eigenvalue weighted by molar-refractivity contribution is 0.0517. The van der Waals surface area contributed by atoms with Crippen LogP contribution in [0.25, 0.3) is 0 Å². The lowest BCUT2D eigenvalue weighted by Gasteiger charge is -2.12. The summed E-state index contributed by atoms with van der Waals surface area (Å²) >= 11 is 6.35. The minimum atomic E-state index is -2.51. The number of hydrogen-bond donors (Lipinski definition) is 1. The van der Waals surface area contributed by atoms with E-state index in [9.17, 15) is 18.0 Å². The Balaban J connectivity index is 2.25. The number of halogens is 4. The molecule has 0 amide bonds. The molecule has 9 heteroatoms. The molecule has 1 heterocycles. The fourth-order valence-corrected chi connectivity index (χ4v) is 2.75. The van der Waals surface area contributed by atoms with Gasteiger partial charge in [-0.25, -0.2) is 22.6 Å². The maximum atomic E-state index is 13.9. The number of carbonyl (C=O) groups is 1. The molecular formula is C18H21ClF3N3O2. The monoisotopic (exact) mass is 403 g/mol. The van der Waals surface area contributed by atoms with Crippen molar-refractivity contribution in [3.05, 3.63) is 52.1 Å². The Bertz CT molecular complexity index is 783. The lowest BCUT2D eigenvalue weighted by Crippen LogP contribution is -2.34. The van der Waals surface area contributed by atoms with Crippen LogP contribution in [0.5, 0.6) is 0 Å². The fraction of sp³-hybridized carbons (Fsp3) is 0.444. The number of alkyl halides is 2. The van der Waals surface area contributed by atoms with Crippen molar-refractivity contribution in [1.29, 1.82) is 0 Å². The van der Waals surface area contributed by atoms with Crippen molar-refractivity contribution in [3.63, 3.8) is 0 Å². The molecule has 1 aromatic heterocycles. The summed E-state index contributed by atoms with van der Waals surface area (Å²) in [5.41, 5.74) is 0.735. The van der Waals surface area contributed by atoms with E-state index in [4.69, 9.17) is 16.3 Å². The molecule has 0 bridgehead atoms. The smallest absolute Gasteiger partial charge is 0.359 e. The molecule has 0 aliphatic carbocycles. The Morgan fingerprint density at radius 3 is 2.70 bits per heavy atom. The summed E-state index contributed by atoms with van der Waals surface area (Å²) < 4.78 is 45.4. The van der Waals surface area contributed by atoms with Crippen molar-refractivity contribution in [3.8, 4) is 0 Å². The molecule has 0 fully saturated rings. The molecule has 1 unspecified atom stereocenters. The average molecular weight is 404 g/mol. The van der Waals surface area contributed by atoms with Gasteiger partial charge >= 0.3 is 5.97 Å². The van der Waals surface area contributed by atoms with Gasteiger partial charge in [-0.2, -0.15) is 5.10 Å². The zero-order valence-corrected chi connectivity index (χ0v) is 15.8. The van der Waals surface area contributed by atoms with E-state index in [2.05, 4.69) is 10.4 Å². The summed E-state index contributed by atoms with van der Waals surface area (Å²) in [5, 5.41) is 6.98. The van der Waals surface area contributed by atoms with Crippen molar-refractivity contribution >= 4 is 17.6 Å². The van der Waals surface area contributed by atoms with Crippen LogP contribution in [0.1, 0.15) is 35.5 Å². The van der Waals surface area contributed by atoms with Crippen LogP contribution in [0.2, 0.25) is 5.15 Å². The molecule has 1 atom stereocenters. The third-order valence-corrected chi connectivity index (χ3v) is 4.37. The third kappa shape index (κ3) is 5.46. The quantitative estimate of drug-likeness (QED) is 0.649. The number of ether oxygens (including phenoxy) is 1. The van der Waals surface area contributed by atoms with Gasteiger partial charge in [-0.3, -0.25) is 0 Å². The largest absolute Gasteiger partial charge is 0.461 e. The molecular weight excluding hydrogens is 383 g/mol. The molecule has 27 heavy (non-hydrogen) atoms. The second-order valence-corrected chi connectivity index (χ2v) is 6.27. The van der Waals surface area contributed by atoms with Gasteiger partial charge in [0.05, 0.1) is 19.2 Å². The van der Waals surface area contributed by atoms with Gasteiger partial charge in [0.25, 0.3) is 6.43 Å². The molecule has 5 nitrogen and oxygen atoms in total. The van der Waals surface area contributed by atoms with Gasteiger partial charge in [-0.15, -0.1) is 0 Å². The van der Waals surface area contributed by atoms with Crippen molar-refractivity contribution < 1.29 is 22.7 Å². The Morgan fingerprint density at radius 2 is 2.07 bits per heavy atom. The second kappa shape index (κ2) is 9.75. The molecule has 0 radical (unpaired) electrons. The highest BCUT2D eigenvalue weighted by atomic mass is 35.5. The molecule has 1 aromatic carbocycles. The zero-order chi connectivity index (χ0) is 20.0. The van der Waals surface area contributed by atoms with Crippen LogP contribution in [-0.2, 0) is 17.7 Å². The van der Waals surface area contributed by atoms with E-state index < -0.39 is 24.3 Å². The summed E-state index contributed by atoms with van der Waals surface area (Å²) in [4.78, 5) is 12.2. The van der Waals surface area contributed by atoms with Crippen molar-refractivity contribution in [2.75, 3.05) is 13.2 Å². The lowest BCUT2D eigenvalue weighted by atomic mass is 10.1. The van der Waals surface area contributed by atoms with Gasteiger partial charge in [0, 0.05) is 11.1 Å². The van der Waals surface area contributed by atoms with E-state index in [1.54, 1.807) is 25.1 Å². The van der Waals surface area contributed by atoms with Gasteiger partial charge in [-0.05, 0) is 32.9 Å². The first kappa shape index (κ1) is 21.2. The van der Waals surface area contributed by atoms with Crippen molar-refractivity contribution in [2.24, 2.45) is 0 Å². The molecule has 1 N–H and O–H groups in total. The predicted octanol–water partition coefficient (Wildman–Crippen LogP) is 3.69. The molecule has 0 saturated carbocycles. The van der Waals surface area contributed by atoms with E-state index in [-0.39, 0.29) is 37.0 Å². The minimum absolute atomic E-state index is 0.00434. The van der Waals surface area contributed by atoms with Crippen LogP contribution in [0, 0.1) is 5.82 Å². The number of carbonyl (C=O) groups excluding carboxylic acids is 1. The van der Waals surface area contributed by atoms with Gasteiger partial charge in [-0.1, -0.05) is 29.8 Å². The minimum Gasteiger partial charge on any atom is -0.461 e. The standard InChI is InChI=1S/C18H21ClF3N3O2/c1-3-27-18(26)15-13(8-9-23-11(2)17(21)22)16(19)25(24-15)10-12-6-4-5-7-14(12)20/h4-7,11,17,23H,3,8-10H2,1-2H3. The summed E-state index contributed by atoms with van der Waals surface area (Å²) in [7, 11) is 0. The van der Waals surface area contributed by atoms with Crippen molar-refractivity contribution in [1.82, 2.24) is 15.1 Å². The van der Waals surface area contributed by atoms with Crippen LogP contribution in [0.3, 0.4) is 0 Å². The highest BCUT2D eigenvalue weighted by molar-refractivity contribution is 6.30. The van der Waals surface area contributed by atoms with Crippen LogP contribution in [0.4, 0.5) is 13.2 Å². The predicted molar refractivity (Wildman–Crippen MR) is 95.9 cm³/mol. The molecule has 0 saturated heterocycles. The molecule has 2 rings (SSSR count). The van der Waals surface area contributed by atoms with Crippen LogP contribution in [-0.4, -0.2) is 41.4 Å². The third-order valence-electron chi connectivity index (χ3n) is 3.95. The first-order valence-electron chi connectivity index (χ1n) is 8.52. The zero-order valence-electron chi connectivity index (χ0n) is 15.0. The molecule has 0 spiro atoms.